The van der Waals surface area contributed by atoms with E-state index in [4.69, 9.17) is 5.73 Å². The zero-order chi connectivity index (χ0) is 12.7. The molecule has 1 aromatic carbocycles. The van der Waals surface area contributed by atoms with E-state index in [0.717, 1.165) is 18.5 Å². The van der Waals surface area contributed by atoms with Gasteiger partial charge in [-0.05, 0) is 18.6 Å². The van der Waals surface area contributed by atoms with Crippen LogP contribution in [0.5, 0.6) is 0 Å². The molecule has 1 atom stereocenters. The minimum Gasteiger partial charge on any atom is -0.480 e. The van der Waals surface area contributed by atoms with Gasteiger partial charge in [0.15, 0.2) is 0 Å². The molecule has 0 bridgehead atoms. The summed E-state index contributed by atoms with van der Waals surface area (Å²) in [5, 5.41) is 9.18. The maximum Gasteiger partial charge on any atom is 0.327 e. The maximum absolute atomic E-state index is 11.2. The SMILES string of the molecule is CCCCN(c1ccccc1)C(CN)C(=O)O. The van der Waals surface area contributed by atoms with Crippen LogP contribution in [-0.2, 0) is 4.79 Å². The van der Waals surface area contributed by atoms with E-state index in [1.165, 1.54) is 0 Å². The Bertz CT molecular complexity index is 341. The van der Waals surface area contributed by atoms with Gasteiger partial charge in [-0.15, -0.1) is 0 Å². The summed E-state index contributed by atoms with van der Waals surface area (Å²) >= 11 is 0. The predicted molar refractivity (Wildman–Crippen MR) is 69.2 cm³/mol. The Labute approximate surface area is 102 Å². The average molecular weight is 236 g/mol. The van der Waals surface area contributed by atoms with Gasteiger partial charge in [0.25, 0.3) is 0 Å². The third kappa shape index (κ3) is 3.75. The highest BCUT2D eigenvalue weighted by atomic mass is 16.4. The van der Waals surface area contributed by atoms with E-state index in [2.05, 4.69) is 6.92 Å². The summed E-state index contributed by atoms with van der Waals surface area (Å²) in [6, 6.07) is 8.92. The summed E-state index contributed by atoms with van der Waals surface area (Å²) in [4.78, 5) is 13.1. The summed E-state index contributed by atoms with van der Waals surface area (Å²) in [6.07, 6.45) is 1.99. The Morgan fingerprint density at radius 2 is 2.06 bits per heavy atom. The fourth-order valence-electron chi connectivity index (χ4n) is 1.77. The quantitative estimate of drug-likeness (QED) is 0.756. The Kier molecular flexibility index (Phi) is 5.49. The standard InChI is InChI=1S/C13H20N2O2/c1-2-3-9-15(12(10-14)13(16)17)11-7-5-4-6-8-11/h4-8,12H,2-3,9-10,14H2,1H3,(H,16,17). The third-order valence-electron chi connectivity index (χ3n) is 2.72. The number of anilines is 1. The molecule has 0 amide bonds. The molecule has 0 saturated heterocycles. The number of carboxylic acid groups (broad SMARTS) is 1. The van der Waals surface area contributed by atoms with E-state index in [1.54, 1.807) is 0 Å². The third-order valence-corrected chi connectivity index (χ3v) is 2.72. The first-order valence-electron chi connectivity index (χ1n) is 5.95. The van der Waals surface area contributed by atoms with Crippen LogP contribution in [0.1, 0.15) is 19.8 Å². The fourth-order valence-corrected chi connectivity index (χ4v) is 1.77. The largest absolute Gasteiger partial charge is 0.480 e. The first-order valence-corrected chi connectivity index (χ1v) is 5.95. The van der Waals surface area contributed by atoms with E-state index in [1.807, 2.05) is 35.2 Å². The molecule has 0 radical (unpaired) electrons. The molecule has 1 rings (SSSR count). The molecule has 0 spiro atoms. The lowest BCUT2D eigenvalue weighted by atomic mass is 10.1. The topological polar surface area (TPSA) is 66.6 Å². The Hall–Kier alpha value is -1.55. The number of rotatable bonds is 7. The minimum absolute atomic E-state index is 0.119. The normalized spacial score (nSPS) is 12.1. The van der Waals surface area contributed by atoms with Crippen molar-refractivity contribution in [2.45, 2.75) is 25.8 Å². The number of carboxylic acids is 1. The van der Waals surface area contributed by atoms with Crippen LogP contribution >= 0.6 is 0 Å². The number of hydrogen-bond acceptors (Lipinski definition) is 3. The number of benzene rings is 1. The van der Waals surface area contributed by atoms with Gasteiger partial charge in [0, 0.05) is 18.8 Å². The van der Waals surface area contributed by atoms with Gasteiger partial charge in [-0.25, -0.2) is 4.79 Å². The molecule has 3 N–H and O–H groups in total. The number of para-hydroxylation sites is 1. The molecule has 0 aliphatic carbocycles. The van der Waals surface area contributed by atoms with Crippen molar-refractivity contribution < 1.29 is 9.90 Å². The Morgan fingerprint density at radius 1 is 1.41 bits per heavy atom. The zero-order valence-corrected chi connectivity index (χ0v) is 10.2. The molecule has 1 unspecified atom stereocenters. The van der Waals surface area contributed by atoms with E-state index in [-0.39, 0.29) is 6.54 Å². The van der Waals surface area contributed by atoms with Crippen LogP contribution in [0.15, 0.2) is 30.3 Å². The van der Waals surface area contributed by atoms with Gasteiger partial charge in [0.1, 0.15) is 6.04 Å². The summed E-state index contributed by atoms with van der Waals surface area (Å²) in [5.41, 5.74) is 6.48. The van der Waals surface area contributed by atoms with Crippen molar-refractivity contribution in [3.05, 3.63) is 30.3 Å². The summed E-state index contributed by atoms with van der Waals surface area (Å²) in [6.45, 7) is 2.92. The molecular weight excluding hydrogens is 216 g/mol. The highest BCUT2D eigenvalue weighted by Gasteiger charge is 2.23. The first-order chi connectivity index (χ1) is 8.20. The van der Waals surface area contributed by atoms with Gasteiger partial charge >= 0.3 is 5.97 Å². The Morgan fingerprint density at radius 3 is 2.53 bits per heavy atom. The molecule has 17 heavy (non-hydrogen) atoms. The van der Waals surface area contributed by atoms with Gasteiger partial charge in [-0.3, -0.25) is 0 Å². The van der Waals surface area contributed by atoms with Crippen LogP contribution < -0.4 is 10.6 Å². The molecular formula is C13H20N2O2. The van der Waals surface area contributed by atoms with Crippen LogP contribution in [0.2, 0.25) is 0 Å². The zero-order valence-electron chi connectivity index (χ0n) is 10.2. The minimum atomic E-state index is -0.868. The number of carbonyl (C=O) groups is 1. The van der Waals surface area contributed by atoms with Gasteiger partial charge < -0.3 is 15.7 Å². The average Bonchev–Trinajstić information content (AvgIpc) is 2.35. The molecule has 4 heteroatoms. The maximum atomic E-state index is 11.2. The van der Waals surface area contributed by atoms with E-state index >= 15 is 0 Å². The van der Waals surface area contributed by atoms with Crippen molar-refractivity contribution in [3.63, 3.8) is 0 Å². The van der Waals surface area contributed by atoms with Crippen molar-refractivity contribution in [2.75, 3.05) is 18.0 Å². The molecule has 0 fully saturated rings. The predicted octanol–water partition coefficient (Wildman–Crippen LogP) is 1.70. The lowest BCUT2D eigenvalue weighted by molar-refractivity contribution is -0.138. The van der Waals surface area contributed by atoms with Crippen LogP contribution in [0.3, 0.4) is 0 Å². The molecule has 0 aliphatic rings. The highest BCUT2D eigenvalue weighted by molar-refractivity contribution is 5.78. The molecule has 94 valence electrons. The van der Waals surface area contributed by atoms with Crippen molar-refractivity contribution in [1.29, 1.82) is 0 Å². The van der Waals surface area contributed by atoms with Crippen molar-refractivity contribution in [1.82, 2.24) is 0 Å². The van der Waals surface area contributed by atoms with Crippen molar-refractivity contribution in [2.24, 2.45) is 5.73 Å². The second kappa shape index (κ2) is 6.91. The second-order valence-electron chi connectivity index (χ2n) is 3.97. The van der Waals surface area contributed by atoms with Gasteiger partial charge in [-0.2, -0.15) is 0 Å². The number of nitrogens with zero attached hydrogens (tertiary/aromatic N) is 1. The first kappa shape index (κ1) is 13.5. The van der Waals surface area contributed by atoms with Gasteiger partial charge in [0.2, 0.25) is 0 Å². The van der Waals surface area contributed by atoms with Crippen LogP contribution in [0.25, 0.3) is 0 Å². The molecule has 4 nitrogen and oxygen atoms in total. The second-order valence-corrected chi connectivity index (χ2v) is 3.97. The lowest BCUT2D eigenvalue weighted by Gasteiger charge is -2.30. The monoisotopic (exact) mass is 236 g/mol. The van der Waals surface area contributed by atoms with Gasteiger partial charge in [-0.1, -0.05) is 31.5 Å². The highest BCUT2D eigenvalue weighted by Crippen LogP contribution is 2.17. The number of nitrogens with two attached hydrogens (primary N) is 1. The number of unbranched alkanes of at least 4 members (excludes halogenated alkanes) is 1. The van der Waals surface area contributed by atoms with E-state index in [9.17, 15) is 9.90 Å². The number of hydrogen-bond donors (Lipinski definition) is 2. The molecule has 0 aliphatic heterocycles. The fraction of sp³-hybridized carbons (Fsp3) is 0.462. The number of aliphatic carboxylic acids is 1. The molecule has 0 aromatic heterocycles. The Balaban J connectivity index is 2.90. The lowest BCUT2D eigenvalue weighted by Crippen LogP contribution is -2.46. The molecule has 0 heterocycles. The summed E-state index contributed by atoms with van der Waals surface area (Å²) in [5.74, 6) is -0.868. The summed E-state index contributed by atoms with van der Waals surface area (Å²) < 4.78 is 0. The van der Waals surface area contributed by atoms with Crippen molar-refractivity contribution >= 4 is 11.7 Å². The van der Waals surface area contributed by atoms with Crippen LogP contribution in [-0.4, -0.2) is 30.2 Å². The van der Waals surface area contributed by atoms with E-state index < -0.39 is 12.0 Å². The molecule has 0 saturated carbocycles. The van der Waals surface area contributed by atoms with Gasteiger partial charge in [0.05, 0.1) is 0 Å². The van der Waals surface area contributed by atoms with Crippen LogP contribution in [0, 0.1) is 0 Å². The summed E-state index contributed by atoms with van der Waals surface area (Å²) in [7, 11) is 0. The smallest absolute Gasteiger partial charge is 0.327 e. The molecule has 1 aromatic rings. The van der Waals surface area contributed by atoms with Crippen LogP contribution in [0.4, 0.5) is 5.69 Å². The van der Waals surface area contributed by atoms with E-state index in [0.29, 0.717) is 6.54 Å². The van der Waals surface area contributed by atoms with Crippen molar-refractivity contribution in [3.8, 4) is 0 Å².